The average Bonchev–Trinajstić information content (AvgIpc) is 2.62. The second kappa shape index (κ2) is 6.88. The van der Waals surface area contributed by atoms with Gasteiger partial charge in [0.1, 0.15) is 0 Å². The van der Waals surface area contributed by atoms with Gasteiger partial charge in [-0.05, 0) is 38.3 Å². The van der Waals surface area contributed by atoms with Gasteiger partial charge in [-0.2, -0.15) is 0 Å². The Balaban J connectivity index is 2.34. The Kier molecular flexibility index (Phi) is 6.09. The molecule has 3 nitrogen and oxygen atoms in total. The first kappa shape index (κ1) is 15.9. The van der Waals surface area contributed by atoms with Crippen molar-refractivity contribution in [1.82, 2.24) is 10.2 Å². The summed E-state index contributed by atoms with van der Waals surface area (Å²) < 4.78 is 5.66. The minimum Gasteiger partial charge on any atom is -0.377 e. The number of likely N-dealkylation sites (N-methyl/N-ethyl adjacent to an activating group) is 1. The molecule has 0 aliphatic carbocycles. The van der Waals surface area contributed by atoms with E-state index in [0.29, 0.717) is 17.6 Å². The van der Waals surface area contributed by atoms with E-state index in [1.807, 2.05) is 0 Å². The van der Waals surface area contributed by atoms with Crippen molar-refractivity contribution < 1.29 is 4.74 Å². The summed E-state index contributed by atoms with van der Waals surface area (Å²) >= 11 is 0. The topological polar surface area (TPSA) is 24.5 Å². The lowest BCUT2D eigenvalue weighted by atomic mass is 9.91. The van der Waals surface area contributed by atoms with E-state index in [1.54, 1.807) is 0 Å². The molecule has 0 aromatic rings. The van der Waals surface area contributed by atoms with Gasteiger partial charge in [0.05, 0.1) is 6.10 Å². The zero-order chi connectivity index (χ0) is 13.8. The van der Waals surface area contributed by atoms with E-state index < -0.39 is 0 Å². The Hall–Kier alpha value is -0.120. The van der Waals surface area contributed by atoms with Crippen molar-refractivity contribution in [2.75, 3.05) is 33.3 Å². The van der Waals surface area contributed by atoms with Crippen molar-refractivity contribution in [1.29, 1.82) is 0 Å². The van der Waals surface area contributed by atoms with Crippen molar-refractivity contribution in [2.45, 2.75) is 53.2 Å². The first-order chi connectivity index (χ1) is 8.32. The fraction of sp³-hybridized carbons (Fsp3) is 1.00. The standard InChI is InChI=1S/C15H32N2O/c1-12(2)9-16-10-15(4,5)11-17(6)14-7-8-18-13(14)3/h12-14,16H,7-11H2,1-6H3. The highest BCUT2D eigenvalue weighted by atomic mass is 16.5. The van der Waals surface area contributed by atoms with Crippen LogP contribution in [-0.4, -0.2) is 50.3 Å². The van der Waals surface area contributed by atoms with Gasteiger partial charge in [0, 0.05) is 25.7 Å². The molecule has 2 atom stereocenters. The maximum absolute atomic E-state index is 5.66. The van der Waals surface area contributed by atoms with E-state index >= 15 is 0 Å². The van der Waals surface area contributed by atoms with Gasteiger partial charge in [-0.15, -0.1) is 0 Å². The van der Waals surface area contributed by atoms with E-state index in [9.17, 15) is 0 Å². The summed E-state index contributed by atoms with van der Waals surface area (Å²) in [6, 6.07) is 0.592. The Morgan fingerprint density at radius 3 is 2.56 bits per heavy atom. The maximum Gasteiger partial charge on any atom is 0.0702 e. The van der Waals surface area contributed by atoms with Crippen LogP contribution in [0.4, 0.5) is 0 Å². The number of hydrogen-bond acceptors (Lipinski definition) is 3. The molecule has 0 amide bonds. The summed E-state index contributed by atoms with van der Waals surface area (Å²) in [5.41, 5.74) is 0.311. The molecule has 2 unspecified atom stereocenters. The van der Waals surface area contributed by atoms with Gasteiger partial charge in [0.2, 0.25) is 0 Å². The van der Waals surface area contributed by atoms with Crippen LogP contribution in [0, 0.1) is 11.3 Å². The quantitative estimate of drug-likeness (QED) is 0.757. The zero-order valence-corrected chi connectivity index (χ0v) is 13.1. The summed E-state index contributed by atoms with van der Waals surface area (Å²) in [6.07, 6.45) is 1.56. The van der Waals surface area contributed by atoms with Crippen LogP contribution in [0.3, 0.4) is 0 Å². The van der Waals surface area contributed by atoms with Gasteiger partial charge < -0.3 is 15.0 Å². The van der Waals surface area contributed by atoms with Crippen LogP contribution in [0.1, 0.15) is 41.0 Å². The molecule has 0 spiro atoms. The van der Waals surface area contributed by atoms with Gasteiger partial charge in [-0.25, -0.2) is 0 Å². The third kappa shape index (κ3) is 5.25. The molecule has 0 saturated carbocycles. The van der Waals surface area contributed by atoms with Crippen molar-refractivity contribution >= 4 is 0 Å². The van der Waals surface area contributed by atoms with E-state index in [-0.39, 0.29) is 0 Å². The highest BCUT2D eigenvalue weighted by Crippen LogP contribution is 2.23. The van der Waals surface area contributed by atoms with Crippen molar-refractivity contribution in [3.05, 3.63) is 0 Å². The molecule has 1 fully saturated rings. The van der Waals surface area contributed by atoms with Crippen LogP contribution in [0.25, 0.3) is 0 Å². The molecule has 0 aromatic carbocycles. The van der Waals surface area contributed by atoms with Crippen LogP contribution < -0.4 is 5.32 Å². The third-order valence-electron chi connectivity index (χ3n) is 3.74. The molecule has 0 aromatic heterocycles. The van der Waals surface area contributed by atoms with Crippen molar-refractivity contribution in [2.24, 2.45) is 11.3 Å². The van der Waals surface area contributed by atoms with Gasteiger partial charge in [0.25, 0.3) is 0 Å². The van der Waals surface area contributed by atoms with Crippen LogP contribution in [0.15, 0.2) is 0 Å². The molecule has 18 heavy (non-hydrogen) atoms. The predicted octanol–water partition coefficient (Wildman–Crippen LogP) is 2.37. The molecule has 108 valence electrons. The smallest absolute Gasteiger partial charge is 0.0702 e. The SMILES string of the molecule is CC(C)CNCC(C)(C)CN(C)C1CCOC1C. The molecule has 1 saturated heterocycles. The predicted molar refractivity (Wildman–Crippen MR) is 77.9 cm³/mol. The second-order valence-corrected chi connectivity index (χ2v) is 7.04. The molecule has 0 bridgehead atoms. The number of ether oxygens (including phenoxy) is 1. The molecular weight excluding hydrogens is 224 g/mol. The van der Waals surface area contributed by atoms with Gasteiger partial charge in [-0.1, -0.05) is 27.7 Å². The van der Waals surface area contributed by atoms with Crippen molar-refractivity contribution in [3.8, 4) is 0 Å². The number of rotatable bonds is 7. The fourth-order valence-corrected chi connectivity index (χ4v) is 2.85. The van der Waals surface area contributed by atoms with Gasteiger partial charge >= 0.3 is 0 Å². The molecule has 3 heteroatoms. The monoisotopic (exact) mass is 256 g/mol. The van der Waals surface area contributed by atoms with E-state index in [2.05, 4.69) is 51.9 Å². The maximum atomic E-state index is 5.66. The third-order valence-corrected chi connectivity index (χ3v) is 3.74. The molecule has 1 heterocycles. The normalized spacial score (nSPS) is 25.3. The Morgan fingerprint density at radius 1 is 1.39 bits per heavy atom. The highest BCUT2D eigenvalue weighted by molar-refractivity contribution is 4.84. The van der Waals surface area contributed by atoms with Crippen LogP contribution in [0.5, 0.6) is 0 Å². The number of nitrogens with zero attached hydrogens (tertiary/aromatic N) is 1. The largest absolute Gasteiger partial charge is 0.377 e. The summed E-state index contributed by atoms with van der Waals surface area (Å²) in [7, 11) is 2.24. The summed E-state index contributed by atoms with van der Waals surface area (Å²) in [6.45, 7) is 15.6. The zero-order valence-electron chi connectivity index (χ0n) is 13.1. The first-order valence-electron chi connectivity index (χ1n) is 7.34. The lowest BCUT2D eigenvalue weighted by molar-refractivity contribution is 0.0691. The van der Waals surface area contributed by atoms with Crippen LogP contribution >= 0.6 is 0 Å². The molecule has 0 radical (unpaired) electrons. The van der Waals surface area contributed by atoms with Crippen LogP contribution in [0.2, 0.25) is 0 Å². The minimum atomic E-state index is 0.311. The lowest BCUT2D eigenvalue weighted by Crippen LogP contribution is -2.45. The molecule has 1 rings (SSSR count). The molecule has 1 aliphatic heterocycles. The summed E-state index contributed by atoms with van der Waals surface area (Å²) in [5, 5.41) is 3.57. The lowest BCUT2D eigenvalue weighted by Gasteiger charge is -2.35. The first-order valence-corrected chi connectivity index (χ1v) is 7.34. The average molecular weight is 256 g/mol. The molecular formula is C15H32N2O. The van der Waals surface area contributed by atoms with Crippen LogP contribution in [-0.2, 0) is 4.74 Å². The summed E-state index contributed by atoms with van der Waals surface area (Å²) in [4.78, 5) is 2.48. The Morgan fingerprint density at radius 2 is 2.06 bits per heavy atom. The number of hydrogen-bond donors (Lipinski definition) is 1. The summed E-state index contributed by atoms with van der Waals surface area (Å²) in [5.74, 6) is 0.724. The van der Waals surface area contributed by atoms with E-state index in [4.69, 9.17) is 4.74 Å². The van der Waals surface area contributed by atoms with Gasteiger partial charge in [-0.3, -0.25) is 0 Å². The Bertz CT molecular complexity index is 241. The molecule has 1 aliphatic rings. The Labute approximate surface area is 113 Å². The van der Waals surface area contributed by atoms with Crippen molar-refractivity contribution in [3.63, 3.8) is 0 Å². The number of nitrogens with one attached hydrogen (secondary N) is 1. The second-order valence-electron chi connectivity index (χ2n) is 7.04. The van der Waals surface area contributed by atoms with E-state index in [1.165, 1.54) is 6.42 Å². The van der Waals surface area contributed by atoms with E-state index in [0.717, 1.165) is 32.2 Å². The fourth-order valence-electron chi connectivity index (χ4n) is 2.85. The minimum absolute atomic E-state index is 0.311. The molecule has 1 N–H and O–H groups in total. The highest BCUT2D eigenvalue weighted by Gasteiger charge is 2.31. The van der Waals surface area contributed by atoms with Gasteiger partial charge in [0.15, 0.2) is 0 Å².